The van der Waals surface area contributed by atoms with Crippen LogP contribution in [0.2, 0.25) is 0 Å². The zero-order valence-corrected chi connectivity index (χ0v) is 11.0. The van der Waals surface area contributed by atoms with Gasteiger partial charge in [0.2, 0.25) is 5.88 Å². The van der Waals surface area contributed by atoms with Crippen LogP contribution in [0.25, 0.3) is 10.9 Å². The monoisotopic (exact) mass is 300 g/mol. The number of hydrogen-bond donors (Lipinski definition) is 0. The number of halogens is 1. The minimum Gasteiger partial charge on any atom is -0.436 e. The molecule has 0 saturated carbocycles. The maximum absolute atomic E-state index is 5.70. The van der Waals surface area contributed by atoms with Gasteiger partial charge < -0.3 is 4.74 Å². The van der Waals surface area contributed by atoms with Crippen LogP contribution in [-0.4, -0.2) is 9.97 Å². The molecule has 0 unspecified atom stereocenters. The lowest BCUT2D eigenvalue weighted by Crippen LogP contribution is -1.89. The van der Waals surface area contributed by atoms with Crippen molar-refractivity contribution < 1.29 is 4.74 Å². The molecule has 0 aliphatic rings. The van der Waals surface area contributed by atoms with Crippen LogP contribution in [0.5, 0.6) is 11.6 Å². The van der Waals surface area contributed by atoms with Crippen molar-refractivity contribution in [1.82, 2.24) is 9.97 Å². The van der Waals surface area contributed by atoms with E-state index < -0.39 is 0 Å². The Bertz CT molecular complexity index is 700. The summed E-state index contributed by atoms with van der Waals surface area (Å²) in [5.41, 5.74) is 0.949. The molecule has 1 aromatic carbocycles. The predicted molar refractivity (Wildman–Crippen MR) is 73.8 cm³/mol. The minimum absolute atomic E-state index is 0.537. The van der Waals surface area contributed by atoms with Crippen molar-refractivity contribution in [1.29, 1.82) is 0 Å². The van der Waals surface area contributed by atoms with Crippen molar-refractivity contribution in [2.75, 3.05) is 0 Å². The molecule has 0 saturated heterocycles. The smallest absolute Gasteiger partial charge is 0.233 e. The Morgan fingerprint density at radius 2 is 1.89 bits per heavy atom. The molecule has 2 heterocycles. The number of pyridine rings is 2. The summed E-state index contributed by atoms with van der Waals surface area (Å²) in [7, 11) is 0. The van der Waals surface area contributed by atoms with Gasteiger partial charge in [-0.2, -0.15) is 0 Å². The van der Waals surface area contributed by atoms with Crippen LogP contribution < -0.4 is 4.74 Å². The molecule has 0 atom stereocenters. The quantitative estimate of drug-likeness (QED) is 0.712. The van der Waals surface area contributed by atoms with Gasteiger partial charge in [-0.25, -0.2) is 4.98 Å². The fourth-order valence-corrected chi connectivity index (χ4v) is 2.00. The van der Waals surface area contributed by atoms with Gasteiger partial charge in [-0.1, -0.05) is 18.2 Å². The number of fused-ring (bicyclic) bond motifs is 1. The van der Waals surface area contributed by atoms with Crippen LogP contribution in [0.3, 0.4) is 0 Å². The van der Waals surface area contributed by atoms with Gasteiger partial charge in [-0.3, -0.25) is 4.98 Å². The van der Waals surface area contributed by atoms with E-state index in [9.17, 15) is 0 Å². The van der Waals surface area contributed by atoms with E-state index in [2.05, 4.69) is 25.9 Å². The van der Waals surface area contributed by atoms with Gasteiger partial charge in [0.15, 0.2) is 0 Å². The second-order valence-corrected chi connectivity index (χ2v) is 4.61. The molecule has 0 radical (unpaired) electrons. The molecular weight excluding hydrogens is 292 g/mol. The lowest BCUT2D eigenvalue weighted by molar-refractivity contribution is 0.458. The number of rotatable bonds is 2. The van der Waals surface area contributed by atoms with E-state index >= 15 is 0 Å². The van der Waals surface area contributed by atoms with E-state index in [0.29, 0.717) is 11.6 Å². The van der Waals surface area contributed by atoms with E-state index in [0.717, 1.165) is 15.4 Å². The Kier molecular flexibility index (Phi) is 2.94. The fraction of sp³-hybridized carbons (Fsp3) is 0. The predicted octanol–water partition coefficient (Wildman–Crippen LogP) is 4.18. The second kappa shape index (κ2) is 4.74. The van der Waals surface area contributed by atoms with Crippen molar-refractivity contribution in [2.24, 2.45) is 0 Å². The highest BCUT2D eigenvalue weighted by Gasteiger charge is 2.04. The number of nitrogens with zero attached hydrogens (tertiary/aromatic N) is 2. The first-order valence-corrected chi connectivity index (χ1v) is 6.25. The molecule has 3 aromatic rings. The van der Waals surface area contributed by atoms with Crippen molar-refractivity contribution in [3.8, 4) is 11.6 Å². The highest BCUT2D eigenvalue weighted by molar-refractivity contribution is 9.10. The molecule has 0 N–H and O–H groups in total. The zero-order chi connectivity index (χ0) is 12.4. The van der Waals surface area contributed by atoms with Crippen LogP contribution in [0.4, 0.5) is 0 Å². The summed E-state index contributed by atoms with van der Waals surface area (Å²) in [6, 6.07) is 13.6. The molecular formula is C14H9BrN2O. The lowest BCUT2D eigenvalue weighted by Gasteiger charge is -2.06. The summed E-state index contributed by atoms with van der Waals surface area (Å²) in [4.78, 5) is 8.50. The van der Waals surface area contributed by atoms with Crippen molar-refractivity contribution in [3.05, 3.63) is 59.3 Å². The normalized spacial score (nSPS) is 10.5. The van der Waals surface area contributed by atoms with E-state index in [1.807, 2.05) is 42.5 Å². The Balaban J connectivity index is 1.98. The summed E-state index contributed by atoms with van der Waals surface area (Å²) in [5.74, 6) is 1.21. The first kappa shape index (κ1) is 11.2. The molecule has 3 nitrogen and oxygen atoms in total. The molecule has 0 aliphatic carbocycles. The maximum Gasteiger partial charge on any atom is 0.233 e. The summed E-state index contributed by atoms with van der Waals surface area (Å²) >= 11 is 3.40. The number of ether oxygens (including phenoxy) is 1. The van der Waals surface area contributed by atoms with Crippen LogP contribution in [0.15, 0.2) is 59.3 Å². The molecule has 0 spiro atoms. The Morgan fingerprint density at radius 3 is 2.78 bits per heavy atom. The molecule has 3 rings (SSSR count). The third kappa shape index (κ3) is 2.19. The molecule has 0 aliphatic heterocycles. The number of aromatic nitrogens is 2. The Morgan fingerprint density at radius 1 is 1.00 bits per heavy atom. The van der Waals surface area contributed by atoms with E-state index in [-0.39, 0.29) is 0 Å². The molecule has 4 heteroatoms. The van der Waals surface area contributed by atoms with Crippen LogP contribution >= 0.6 is 15.9 Å². The average molecular weight is 301 g/mol. The van der Waals surface area contributed by atoms with Gasteiger partial charge in [-0.05, 0) is 40.2 Å². The highest BCUT2D eigenvalue weighted by Crippen LogP contribution is 2.27. The fourth-order valence-electron chi connectivity index (χ4n) is 1.66. The van der Waals surface area contributed by atoms with Crippen LogP contribution in [-0.2, 0) is 0 Å². The highest BCUT2D eigenvalue weighted by atomic mass is 79.9. The van der Waals surface area contributed by atoms with Gasteiger partial charge in [-0.15, -0.1) is 0 Å². The average Bonchev–Trinajstić information content (AvgIpc) is 2.41. The maximum atomic E-state index is 5.70. The van der Waals surface area contributed by atoms with E-state index in [1.165, 1.54) is 0 Å². The van der Waals surface area contributed by atoms with Crippen molar-refractivity contribution in [3.63, 3.8) is 0 Å². The molecule has 0 fully saturated rings. The minimum atomic E-state index is 0.537. The second-order valence-electron chi connectivity index (χ2n) is 3.76. The van der Waals surface area contributed by atoms with Gasteiger partial charge in [0.25, 0.3) is 0 Å². The summed E-state index contributed by atoms with van der Waals surface area (Å²) < 4.78 is 6.51. The van der Waals surface area contributed by atoms with E-state index in [1.54, 1.807) is 12.4 Å². The molecule has 18 heavy (non-hydrogen) atoms. The van der Waals surface area contributed by atoms with Crippen molar-refractivity contribution >= 4 is 26.8 Å². The molecule has 0 bridgehead atoms. The van der Waals surface area contributed by atoms with Gasteiger partial charge in [0, 0.05) is 11.6 Å². The SMILES string of the molecule is Brc1cccnc1Oc1cnc2ccccc2c1. The van der Waals surface area contributed by atoms with Gasteiger partial charge >= 0.3 is 0 Å². The topological polar surface area (TPSA) is 35.0 Å². The molecule has 88 valence electrons. The van der Waals surface area contributed by atoms with E-state index in [4.69, 9.17) is 4.74 Å². The Hall–Kier alpha value is -1.94. The third-order valence-electron chi connectivity index (χ3n) is 2.50. The number of para-hydroxylation sites is 1. The standard InChI is InChI=1S/C14H9BrN2O/c15-12-5-3-7-16-14(12)18-11-8-10-4-1-2-6-13(10)17-9-11/h1-9H. The summed E-state index contributed by atoms with van der Waals surface area (Å²) in [5, 5.41) is 1.04. The number of benzene rings is 1. The largest absolute Gasteiger partial charge is 0.436 e. The van der Waals surface area contributed by atoms with Gasteiger partial charge in [0.05, 0.1) is 16.2 Å². The lowest BCUT2D eigenvalue weighted by atomic mass is 10.2. The third-order valence-corrected chi connectivity index (χ3v) is 3.11. The van der Waals surface area contributed by atoms with Gasteiger partial charge in [0.1, 0.15) is 5.75 Å². The first-order chi connectivity index (χ1) is 8.83. The summed E-state index contributed by atoms with van der Waals surface area (Å²) in [6.07, 6.45) is 3.39. The molecule has 2 aromatic heterocycles. The number of hydrogen-bond acceptors (Lipinski definition) is 3. The Labute approximate surface area is 113 Å². The zero-order valence-electron chi connectivity index (χ0n) is 9.38. The van der Waals surface area contributed by atoms with Crippen LogP contribution in [0, 0.1) is 0 Å². The summed E-state index contributed by atoms with van der Waals surface area (Å²) in [6.45, 7) is 0. The first-order valence-electron chi connectivity index (χ1n) is 5.46. The van der Waals surface area contributed by atoms with Crippen LogP contribution in [0.1, 0.15) is 0 Å². The molecule has 0 amide bonds. The van der Waals surface area contributed by atoms with Crippen molar-refractivity contribution in [2.45, 2.75) is 0 Å².